The van der Waals surface area contributed by atoms with Crippen molar-refractivity contribution in [2.75, 3.05) is 52.9 Å². The van der Waals surface area contributed by atoms with Crippen molar-refractivity contribution in [3.63, 3.8) is 0 Å². The molecule has 2 heterocycles. The van der Waals surface area contributed by atoms with Gasteiger partial charge < -0.3 is 9.80 Å². The number of piperidine rings is 1. The van der Waals surface area contributed by atoms with Crippen molar-refractivity contribution in [2.24, 2.45) is 5.92 Å². The molecule has 0 aliphatic carbocycles. The van der Waals surface area contributed by atoms with Crippen molar-refractivity contribution < 1.29 is 4.79 Å². The molecule has 2 fully saturated rings. The van der Waals surface area contributed by atoms with Crippen molar-refractivity contribution >= 4 is 17.5 Å². The van der Waals surface area contributed by atoms with Crippen molar-refractivity contribution in [3.05, 3.63) is 11.6 Å². The fourth-order valence-corrected chi connectivity index (χ4v) is 3.19. The minimum atomic E-state index is 0.346. The highest BCUT2D eigenvalue weighted by molar-refractivity contribution is 6.29. The van der Waals surface area contributed by atoms with E-state index in [1.54, 1.807) is 0 Å². The Bertz CT molecular complexity index is 345. The summed E-state index contributed by atoms with van der Waals surface area (Å²) >= 11 is 5.84. The Labute approximate surface area is 127 Å². The number of rotatable bonds is 4. The Kier molecular flexibility index (Phi) is 5.87. The van der Waals surface area contributed by atoms with E-state index in [2.05, 4.69) is 23.4 Å². The second-order valence-corrected chi connectivity index (χ2v) is 6.66. The smallest absolute Gasteiger partial charge is 0.222 e. The Morgan fingerprint density at radius 3 is 2.30 bits per heavy atom. The summed E-state index contributed by atoms with van der Waals surface area (Å²) < 4.78 is 0. The first-order valence-corrected chi connectivity index (χ1v) is 7.94. The standard InChI is InChI=1S/C15H26ClN3O/c1-13(16)12-18-5-3-14(4-6-18)11-15(20)19-9-7-17(2)8-10-19/h14H,1,3-12H2,2H3. The lowest BCUT2D eigenvalue weighted by Crippen LogP contribution is -2.47. The molecule has 114 valence electrons. The van der Waals surface area contributed by atoms with Gasteiger partial charge in [-0.25, -0.2) is 0 Å². The lowest BCUT2D eigenvalue weighted by molar-refractivity contribution is -0.134. The van der Waals surface area contributed by atoms with E-state index in [-0.39, 0.29) is 0 Å². The molecule has 1 amide bonds. The van der Waals surface area contributed by atoms with E-state index in [0.29, 0.717) is 16.9 Å². The second-order valence-electron chi connectivity index (χ2n) is 6.12. The second kappa shape index (κ2) is 7.43. The largest absolute Gasteiger partial charge is 0.340 e. The summed E-state index contributed by atoms with van der Waals surface area (Å²) in [5.41, 5.74) is 0. The fraction of sp³-hybridized carbons (Fsp3) is 0.800. The topological polar surface area (TPSA) is 26.8 Å². The van der Waals surface area contributed by atoms with E-state index in [1.165, 1.54) is 0 Å². The molecule has 4 nitrogen and oxygen atoms in total. The van der Waals surface area contributed by atoms with Gasteiger partial charge in [0.2, 0.25) is 5.91 Å². The van der Waals surface area contributed by atoms with Gasteiger partial charge in [-0.3, -0.25) is 9.69 Å². The van der Waals surface area contributed by atoms with Crippen LogP contribution >= 0.6 is 11.6 Å². The van der Waals surface area contributed by atoms with E-state index in [0.717, 1.165) is 65.1 Å². The molecule has 0 bridgehead atoms. The molecule has 2 rings (SSSR count). The highest BCUT2D eigenvalue weighted by atomic mass is 35.5. The molecule has 0 unspecified atom stereocenters. The van der Waals surface area contributed by atoms with E-state index >= 15 is 0 Å². The number of halogens is 1. The van der Waals surface area contributed by atoms with Gasteiger partial charge in [0.1, 0.15) is 0 Å². The number of likely N-dealkylation sites (tertiary alicyclic amines) is 1. The third-order valence-electron chi connectivity index (χ3n) is 4.42. The predicted octanol–water partition coefficient (Wildman–Crippen LogP) is 1.62. The van der Waals surface area contributed by atoms with Gasteiger partial charge in [-0.2, -0.15) is 0 Å². The normalized spacial score (nSPS) is 23.0. The van der Waals surface area contributed by atoms with E-state index < -0.39 is 0 Å². The zero-order chi connectivity index (χ0) is 14.5. The zero-order valence-electron chi connectivity index (χ0n) is 12.5. The molecule has 0 radical (unpaired) electrons. The van der Waals surface area contributed by atoms with Crippen LogP contribution in [0.1, 0.15) is 19.3 Å². The Hall–Kier alpha value is -0.580. The Morgan fingerprint density at radius 1 is 1.15 bits per heavy atom. The van der Waals surface area contributed by atoms with Gasteiger partial charge in [0.25, 0.3) is 0 Å². The maximum absolute atomic E-state index is 12.3. The monoisotopic (exact) mass is 299 g/mol. The quantitative estimate of drug-likeness (QED) is 0.789. The summed E-state index contributed by atoms with van der Waals surface area (Å²) in [7, 11) is 2.11. The summed E-state index contributed by atoms with van der Waals surface area (Å²) in [5.74, 6) is 0.889. The molecule has 0 spiro atoms. The number of likely N-dealkylation sites (N-methyl/N-ethyl adjacent to an activating group) is 1. The van der Waals surface area contributed by atoms with Gasteiger partial charge in [-0.05, 0) is 38.9 Å². The Morgan fingerprint density at radius 2 is 1.75 bits per heavy atom. The Balaban J connectivity index is 1.69. The maximum Gasteiger partial charge on any atom is 0.222 e. The number of hydrogen-bond acceptors (Lipinski definition) is 3. The van der Waals surface area contributed by atoms with Gasteiger partial charge >= 0.3 is 0 Å². The number of amides is 1. The van der Waals surface area contributed by atoms with Crippen LogP contribution in [0, 0.1) is 5.92 Å². The van der Waals surface area contributed by atoms with Gasteiger partial charge in [-0.15, -0.1) is 0 Å². The van der Waals surface area contributed by atoms with Crippen LogP contribution in [0.15, 0.2) is 11.6 Å². The molecule has 0 aromatic heterocycles. The van der Waals surface area contributed by atoms with Gasteiger partial charge in [0, 0.05) is 44.2 Å². The molecule has 0 aromatic carbocycles. The third-order valence-corrected chi connectivity index (χ3v) is 4.54. The van der Waals surface area contributed by atoms with Crippen LogP contribution in [-0.2, 0) is 4.79 Å². The number of hydrogen-bond donors (Lipinski definition) is 0. The van der Waals surface area contributed by atoms with Crippen LogP contribution in [0.5, 0.6) is 0 Å². The summed E-state index contributed by atoms with van der Waals surface area (Å²) in [6, 6.07) is 0. The number of nitrogens with zero attached hydrogens (tertiary/aromatic N) is 3. The lowest BCUT2D eigenvalue weighted by atomic mass is 9.93. The number of piperazine rings is 1. The lowest BCUT2D eigenvalue weighted by Gasteiger charge is -2.35. The highest BCUT2D eigenvalue weighted by Gasteiger charge is 2.25. The van der Waals surface area contributed by atoms with Crippen LogP contribution in [0.3, 0.4) is 0 Å². The fourth-order valence-electron chi connectivity index (χ4n) is 3.02. The van der Waals surface area contributed by atoms with E-state index in [4.69, 9.17) is 11.6 Å². The molecule has 0 aromatic rings. The summed E-state index contributed by atoms with van der Waals surface area (Å²) in [6.07, 6.45) is 2.92. The maximum atomic E-state index is 12.3. The van der Waals surface area contributed by atoms with E-state index in [9.17, 15) is 4.79 Å². The molecule has 2 saturated heterocycles. The van der Waals surface area contributed by atoms with Crippen molar-refractivity contribution in [1.82, 2.24) is 14.7 Å². The van der Waals surface area contributed by atoms with Gasteiger partial charge in [0.15, 0.2) is 0 Å². The number of carbonyl (C=O) groups excluding carboxylic acids is 1. The predicted molar refractivity (Wildman–Crippen MR) is 82.9 cm³/mol. The average Bonchev–Trinajstić information content (AvgIpc) is 2.41. The van der Waals surface area contributed by atoms with Crippen LogP contribution in [-0.4, -0.2) is 73.5 Å². The first-order valence-electron chi connectivity index (χ1n) is 7.56. The SMILES string of the molecule is C=C(Cl)CN1CCC(CC(=O)N2CCN(C)CC2)CC1. The molecule has 0 saturated carbocycles. The van der Waals surface area contributed by atoms with Crippen molar-refractivity contribution in [2.45, 2.75) is 19.3 Å². The first-order chi connectivity index (χ1) is 9.54. The first kappa shape index (κ1) is 15.8. The summed E-state index contributed by atoms with van der Waals surface area (Å²) in [5, 5.41) is 0.706. The molecule has 0 atom stereocenters. The molecule has 0 N–H and O–H groups in total. The minimum absolute atomic E-state index is 0.346. The molecular formula is C15H26ClN3O. The van der Waals surface area contributed by atoms with Crippen molar-refractivity contribution in [3.8, 4) is 0 Å². The zero-order valence-corrected chi connectivity index (χ0v) is 13.2. The minimum Gasteiger partial charge on any atom is -0.340 e. The third kappa shape index (κ3) is 4.76. The molecule has 20 heavy (non-hydrogen) atoms. The molecule has 5 heteroatoms. The summed E-state index contributed by atoms with van der Waals surface area (Å²) in [6.45, 7) is 10.4. The number of carbonyl (C=O) groups is 1. The molecular weight excluding hydrogens is 274 g/mol. The van der Waals surface area contributed by atoms with Gasteiger partial charge in [-0.1, -0.05) is 18.2 Å². The van der Waals surface area contributed by atoms with Crippen molar-refractivity contribution in [1.29, 1.82) is 0 Å². The van der Waals surface area contributed by atoms with Crippen LogP contribution in [0.4, 0.5) is 0 Å². The van der Waals surface area contributed by atoms with E-state index in [1.807, 2.05) is 4.90 Å². The molecule has 2 aliphatic heterocycles. The van der Waals surface area contributed by atoms with Gasteiger partial charge in [0.05, 0.1) is 0 Å². The average molecular weight is 300 g/mol. The molecule has 2 aliphatic rings. The van der Waals surface area contributed by atoms with Crippen LogP contribution < -0.4 is 0 Å². The summed E-state index contributed by atoms with van der Waals surface area (Å²) in [4.78, 5) is 18.9. The highest BCUT2D eigenvalue weighted by Crippen LogP contribution is 2.22. The van der Waals surface area contributed by atoms with Crippen LogP contribution in [0.2, 0.25) is 0 Å². The van der Waals surface area contributed by atoms with Crippen LogP contribution in [0.25, 0.3) is 0 Å².